The molecule has 1 aromatic carbocycles. The van der Waals surface area contributed by atoms with Crippen LogP contribution in [0.25, 0.3) is 0 Å². The normalized spacial score (nSPS) is 17.9. The summed E-state index contributed by atoms with van der Waals surface area (Å²) in [6.45, 7) is 5.38. The quantitative estimate of drug-likeness (QED) is 0.936. The summed E-state index contributed by atoms with van der Waals surface area (Å²) in [4.78, 5) is 26.4. The molecule has 2 N–H and O–H groups in total. The van der Waals surface area contributed by atoms with Crippen LogP contribution in [0, 0.1) is 13.8 Å². The predicted molar refractivity (Wildman–Crippen MR) is 85.0 cm³/mol. The summed E-state index contributed by atoms with van der Waals surface area (Å²) in [5, 5.41) is 3.91. The first kappa shape index (κ1) is 15.3. The molecule has 2 amide bonds. The van der Waals surface area contributed by atoms with E-state index < -0.39 is 17.9 Å². The Hall–Kier alpha value is -2.63. The molecule has 0 saturated carbocycles. The molecular weight excluding hydrogens is 294 g/mol. The fraction of sp³-hybridized carbons (Fsp3) is 0.353. The molecule has 23 heavy (non-hydrogen) atoms. The van der Waals surface area contributed by atoms with E-state index in [1.54, 1.807) is 20.8 Å². The maximum absolute atomic E-state index is 13.1. The van der Waals surface area contributed by atoms with Gasteiger partial charge in [-0.25, -0.2) is 0 Å². The van der Waals surface area contributed by atoms with E-state index in [4.69, 9.17) is 10.3 Å². The maximum Gasteiger partial charge on any atom is 0.240 e. The minimum atomic E-state index is -0.650. The van der Waals surface area contributed by atoms with Gasteiger partial charge in [0, 0.05) is 17.7 Å². The Balaban J connectivity index is 2.01. The molecular formula is C17H19N3O3. The minimum absolute atomic E-state index is 0.173. The van der Waals surface area contributed by atoms with E-state index in [9.17, 15) is 9.59 Å². The number of fused-ring (bicyclic) bond motifs is 1. The summed E-state index contributed by atoms with van der Waals surface area (Å²) in [6, 6.07) is 6.85. The van der Waals surface area contributed by atoms with Crippen LogP contribution in [-0.2, 0) is 16.0 Å². The molecule has 3 rings (SSSR count). The first-order chi connectivity index (χ1) is 10.9. The zero-order chi connectivity index (χ0) is 16.7. The number of amides is 2. The third kappa shape index (κ3) is 2.40. The van der Waals surface area contributed by atoms with Crippen molar-refractivity contribution in [3.63, 3.8) is 0 Å². The second kappa shape index (κ2) is 5.53. The van der Waals surface area contributed by atoms with Gasteiger partial charge >= 0.3 is 0 Å². The number of nitrogens with two attached hydrogens (primary N) is 1. The highest BCUT2D eigenvalue weighted by molar-refractivity contribution is 6.05. The van der Waals surface area contributed by atoms with Gasteiger partial charge in [-0.1, -0.05) is 23.4 Å². The van der Waals surface area contributed by atoms with Crippen molar-refractivity contribution in [1.82, 2.24) is 5.16 Å². The highest BCUT2D eigenvalue weighted by atomic mass is 16.5. The Labute approximate surface area is 134 Å². The van der Waals surface area contributed by atoms with Crippen LogP contribution in [0.2, 0.25) is 0 Å². The van der Waals surface area contributed by atoms with E-state index in [-0.39, 0.29) is 5.91 Å². The third-order valence-electron chi connectivity index (χ3n) is 4.43. The van der Waals surface area contributed by atoms with Gasteiger partial charge in [0.15, 0.2) is 0 Å². The lowest BCUT2D eigenvalue weighted by Gasteiger charge is -2.26. The van der Waals surface area contributed by atoms with Crippen molar-refractivity contribution in [3.05, 3.63) is 46.8 Å². The first-order valence-electron chi connectivity index (χ1n) is 7.55. The molecule has 0 radical (unpaired) electrons. The van der Waals surface area contributed by atoms with Crippen molar-refractivity contribution >= 4 is 17.5 Å². The number of carbonyl (C=O) groups is 2. The molecule has 0 bridgehead atoms. The smallest absolute Gasteiger partial charge is 0.240 e. The molecule has 0 saturated heterocycles. The summed E-state index contributed by atoms with van der Waals surface area (Å²) < 4.78 is 5.16. The van der Waals surface area contributed by atoms with Crippen LogP contribution < -0.4 is 10.6 Å². The summed E-state index contributed by atoms with van der Waals surface area (Å²) in [7, 11) is 0. The largest absolute Gasteiger partial charge is 0.368 e. The van der Waals surface area contributed by atoms with Crippen molar-refractivity contribution in [2.75, 3.05) is 4.90 Å². The molecule has 1 aromatic heterocycles. The lowest BCUT2D eigenvalue weighted by Crippen LogP contribution is -2.47. The number of primary amides is 1. The highest BCUT2D eigenvalue weighted by Gasteiger charge is 2.40. The molecule has 1 aliphatic rings. The molecule has 120 valence electrons. The molecule has 6 nitrogen and oxygen atoms in total. The number of carbonyl (C=O) groups excluding carboxylic acids is 2. The third-order valence-corrected chi connectivity index (χ3v) is 4.43. The van der Waals surface area contributed by atoms with Crippen LogP contribution in [0.4, 0.5) is 5.69 Å². The van der Waals surface area contributed by atoms with E-state index in [0.717, 1.165) is 16.8 Å². The second-order valence-electron chi connectivity index (χ2n) is 5.92. The van der Waals surface area contributed by atoms with Crippen LogP contribution in [0.5, 0.6) is 0 Å². The second-order valence-corrected chi connectivity index (χ2v) is 5.92. The Kier molecular flexibility index (Phi) is 3.67. The van der Waals surface area contributed by atoms with Gasteiger partial charge in [0.2, 0.25) is 11.8 Å². The number of benzene rings is 1. The van der Waals surface area contributed by atoms with Crippen molar-refractivity contribution in [2.24, 2.45) is 5.73 Å². The summed E-state index contributed by atoms with van der Waals surface area (Å²) >= 11 is 0. The van der Waals surface area contributed by atoms with E-state index in [1.807, 2.05) is 24.3 Å². The van der Waals surface area contributed by atoms with Crippen LogP contribution in [0.1, 0.15) is 35.4 Å². The Morgan fingerprint density at radius 1 is 1.35 bits per heavy atom. The monoisotopic (exact) mass is 313 g/mol. The highest BCUT2D eigenvalue weighted by Crippen LogP contribution is 2.35. The van der Waals surface area contributed by atoms with Crippen LogP contribution in [0.15, 0.2) is 28.8 Å². The SMILES string of the molecule is Cc1noc(C)c1C(C)C(=O)N1c2ccccc2C[C@H]1C(N)=O. The van der Waals surface area contributed by atoms with Gasteiger partial charge in [0.05, 0.1) is 11.6 Å². The number of anilines is 1. The number of aryl methyl sites for hydroxylation is 2. The Morgan fingerprint density at radius 3 is 2.65 bits per heavy atom. The Morgan fingerprint density at radius 2 is 2.04 bits per heavy atom. The van der Waals surface area contributed by atoms with Gasteiger partial charge in [0.25, 0.3) is 0 Å². The first-order valence-corrected chi connectivity index (χ1v) is 7.55. The standard InChI is InChI=1S/C17H19N3O3/c1-9(15-10(2)19-23-11(15)3)17(22)20-13-7-5-4-6-12(13)8-14(20)16(18)21/h4-7,9,14H,8H2,1-3H3,(H2,18,21)/t9?,14-/m0/s1. The van der Waals surface area contributed by atoms with Gasteiger partial charge in [-0.05, 0) is 32.4 Å². The molecule has 2 heterocycles. The molecule has 0 aliphatic carbocycles. The van der Waals surface area contributed by atoms with Crippen molar-refractivity contribution < 1.29 is 14.1 Å². The predicted octanol–water partition coefficient (Wildman–Crippen LogP) is 1.84. The molecule has 0 fully saturated rings. The Bertz CT molecular complexity index is 762. The van der Waals surface area contributed by atoms with Gasteiger partial charge < -0.3 is 10.3 Å². The fourth-order valence-electron chi connectivity index (χ4n) is 3.33. The number of hydrogen-bond acceptors (Lipinski definition) is 4. The fourth-order valence-corrected chi connectivity index (χ4v) is 3.33. The van der Waals surface area contributed by atoms with Gasteiger partial charge in [-0.15, -0.1) is 0 Å². The van der Waals surface area contributed by atoms with E-state index in [0.29, 0.717) is 17.9 Å². The zero-order valence-electron chi connectivity index (χ0n) is 13.4. The lowest BCUT2D eigenvalue weighted by molar-refractivity contribution is -0.124. The topological polar surface area (TPSA) is 89.4 Å². The molecule has 0 spiro atoms. The lowest BCUT2D eigenvalue weighted by atomic mass is 9.97. The van der Waals surface area contributed by atoms with Crippen LogP contribution in [-0.4, -0.2) is 23.0 Å². The molecule has 1 aliphatic heterocycles. The van der Waals surface area contributed by atoms with Crippen molar-refractivity contribution in [1.29, 1.82) is 0 Å². The molecule has 2 aromatic rings. The zero-order valence-corrected chi connectivity index (χ0v) is 13.4. The summed E-state index contributed by atoms with van der Waals surface area (Å²) in [5.41, 5.74) is 8.68. The average Bonchev–Trinajstić information content (AvgIpc) is 3.06. The number of para-hydroxylation sites is 1. The number of rotatable bonds is 3. The average molecular weight is 313 g/mol. The van der Waals surface area contributed by atoms with Crippen molar-refractivity contribution in [2.45, 2.75) is 39.2 Å². The summed E-state index contributed by atoms with van der Waals surface area (Å²) in [6.07, 6.45) is 0.450. The van der Waals surface area contributed by atoms with E-state index >= 15 is 0 Å². The number of nitrogens with zero attached hydrogens (tertiary/aromatic N) is 2. The van der Waals surface area contributed by atoms with Crippen LogP contribution in [0.3, 0.4) is 0 Å². The van der Waals surface area contributed by atoms with Gasteiger partial charge in [-0.2, -0.15) is 0 Å². The van der Waals surface area contributed by atoms with Crippen molar-refractivity contribution in [3.8, 4) is 0 Å². The molecule has 2 atom stereocenters. The van der Waals surface area contributed by atoms with E-state index in [2.05, 4.69) is 5.16 Å². The van der Waals surface area contributed by atoms with Gasteiger partial charge in [0.1, 0.15) is 11.8 Å². The molecule has 1 unspecified atom stereocenters. The number of aromatic nitrogens is 1. The maximum atomic E-state index is 13.1. The van der Waals surface area contributed by atoms with E-state index in [1.165, 1.54) is 4.90 Å². The van der Waals surface area contributed by atoms with Crippen LogP contribution >= 0.6 is 0 Å². The summed E-state index contributed by atoms with van der Waals surface area (Å²) in [5.74, 6) is -0.519. The number of hydrogen-bond donors (Lipinski definition) is 1. The minimum Gasteiger partial charge on any atom is -0.368 e. The molecule has 6 heteroatoms. The van der Waals surface area contributed by atoms with Gasteiger partial charge in [-0.3, -0.25) is 14.5 Å².